The summed E-state index contributed by atoms with van der Waals surface area (Å²) in [4.78, 5) is 52.7. The van der Waals surface area contributed by atoms with Crippen LogP contribution in [0.5, 0.6) is 0 Å². The number of aryl methyl sites for hydroxylation is 2. The third kappa shape index (κ3) is 6.02. The number of carbonyl (C=O) groups excluding carboxylic acids is 4. The van der Waals surface area contributed by atoms with E-state index in [1.165, 1.54) is 6.07 Å². The molecule has 0 saturated heterocycles. The van der Waals surface area contributed by atoms with E-state index in [1.807, 2.05) is 32.9 Å². The monoisotopic (exact) mass is 545 g/mol. The zero-order valence-electron chi connectivity index (χ0n) is 21.8. The number of nitrogens with zero attached hydrogens (tertiary/aromatic N) is 1. The molecule has 39 heavy (non-hydrogen) atoms. The lowest BCUT2D eigenvalue weighted by atomic mass is 10.1. The number of amides is 3. The summed E-state index contributed by atoms with van der Waals surface area (Å²) in [5, 5.41) is 5.40. The molecule has 0 spiro atoms. The predicted molar refractivity (Wildman–Crippen MR) is 151 cm³/mol. The summed E-state index contributed by atoms with van der Waals surface area (Å²) in [6.07, 6.45) is 1.64. The Morgan fingerprint density at radius 2 is 1.72 bits per heavy atom. The van der Waals surface area contributed by atoms with E-state index < -0.39 is 23.7 Å². The van der Waals surface area contributed by atoms with E-state index in [-0.39, 0.29) is 21.9 Å². The summed E-state index contributed by atoms with van der Waals surface area (Å²) in [7, 11) is 0. The van der Waals surface area contributed by atoms with Crippen LogP contribution in [-0.4, -0.2) is 30.3 Å². The molecule has 2 N–H and O–H groups in total. The standard InChI is InChI=1S/C30H28ClN3O5/c1-4-5-15-39-30(38)22-11-6-7-12-23(22)33-27(35)20-9-8-10-21(17-20)32-26-25(31)28(36)34(29(26)37)24-14-13-18(2)16-19(24)3/h6-14,16-17,32H,4-5,15H2,1-3H3,(H,33,35). The third-order valence-electron chi connectivity index (χ3n) is 6.14. The number of rotatable bonds is 9. The topological polar surface area (TPSA) is 105 Å². The molecule has 1 heterocycles. The van der Waals surface area contributed by atoms with Crippen LogP contribution in [-0.2, 0) is 14.3 Å². The van der Waals surface area contributed by atoms with Gasteiger partial charge in [-0.15, -0.1) is 0 Å². The van der Waals surface area contributed by atoms with E-state index in [1.54, 1.807) is 48.5 Å². The summed E-state index contributed by atoms with van der Waals surface area (Å²) in [6.45, 7) is 6.03. The molecule has 0 saturated carbocycles. The van der Waals surface area contributed by atoms with E-state index in [2.05, 4.69) is 10.6 Å². The Kier molecular flexibility index (Phi) is 8.46. The third-order valence-corrected chi connectivity index (χ3v) is 6.49. The lowest BCUT2D eigenvalue weighted by Crippen LogP contribution is -2.32. The molecule has 1 aliphatic heterocycles. The number of unbranched alkanes of at least 4 members (excludes halogenated alkanes) is 1. The molecule has 1 aliphatic rings. The molecule has 0 bridgehead atoms. The van der Waals surface area contributed by atoms with E-state index in [9.17, 15) is 19.2 Å². The Labute approximate surface area is 231 Å². The van der Waals surface area contributed by atoms with Crippen LogP contribution >= 0.6 is 11.6 Å². The first-order chi connectivity index (χ1) is 18.7. The SMILES string of the molecule is CCCCOC(=O)c1ccccc1NC(=O)c1cccc(NC2=C(Cl)C(=O)N(c3ccc(C)cc3C)C2=O)c1. The number of ether oxygens (including phenoxy) is 1. The minimum atomic E-state index is -0.632. The Morgan fingerprint density at radius 3 is 2.46 bits per heavy atom. The number of halogens is 1. The van der Waals surface area contributed by atoms with Crippen LogP contribution in [0.1, 0.15) is 51.6 Å². The highest BCUT2D eigenvalue weighted by atomic mass is 35.5. The molecule has 3 amide bonds. The predicted octanol–water partition coefficient (Wildman–Crippen LogP) is 5.95. The quantitative estimate of drug-likeness (QED) is 0.196. The Bertz CT molecular complexity index is 1500. The van der Waals surface area contributed by atoms with E-state index >= 15 is 0 Å². The second-order valence-corrected chi connectivity index (χ2v) is 9.50. The fourth-order valence-corrected chi connectivity index (χ4v) is 4.33. The Hall–Kier alpha value is -4.43. The number of anilines is 3. The van der Waals surface area contributed by atoms with Crippen molar-refractivity contribution in [3.63, 3.8) is 0 Å². The smallest absolute Gasteiger partial charge is 0.340 e. The van der Waals surface area contributed by atoms with Crippen molar-refractivity contribution in [3.8, 4) is 0 Å². The van der Waals surface area contributed by atoms with Crippen LogP contribution in [0.2, 0.25) is 0 Å². The average Bonchev–Trinajstić information content (AvgIpc) is 3.12. The van der Waals surface area contributed by atoms with Gasteiger partial charge >= 0.3 is 5.97 Å². The number of hydrogen-bond acceptors (Lipinski definition) is 6. The molecule has 9 heteroatoms. The Morgan fingerprint density at radius 1 is 0.949 bits per heavy atom. The van der Waals surface area contributed by atoms with Crippen LogP contribution in [0.25, 0.3) is 0 Å². The number of esters is 1. The van der Waals surface area contributed by atoms with Gasteiger partial charge in [-0.25, -0.2) is 9.69 Å². The maximum atomic E-state index is 13.2. The second kappa shape index (κ2) is 12.0. The molecule has 0 unspecified atom stereocenters. The molecule has 3 aromatic rings. The van der Waals surface area contributed by atoms with Gasteiger partial charge in [0.25, 0.3) is 17.7 Å². The van der Waals surface area contributed by atoms with Crippen molar-refractivity contribution < 1.29 is 23.9 Å². The zero-order chi connectivity index (χ0) is 28.1. The fraction of sp³-hybridized carbons (Fsp3) is 0.200. The average molecular weight is 546 g/mol. The summed E-state index contributed by atoms with van der Waals surface area (Å²) >= 11 is 6.29. The van der Waals surface area contributed by atoms with Gasteiger partial charge in [0.15, 0.2) is 0 Å². The van der Waals surface area contributed by atoms with Crippen LogP contribution in [0.4, 0.5) is 17.1 Å². The first-order valence-corrected chi connectivity index (χ1v) is 12.9. The second-order valence-electron chi connectivity index (χ2n) is 9.12. The Balaban J connectivity index is 1.51. The first kappa shape index (κ1) is 27.6. The van der Waals surface area contributed by atoms with Gasteiger partial charge in [-0.3, -0.25) is 14.4 Å². The molecule has 4 rings (SSSR count). The lowest BCUT2D eigenvalue weighted by molar-refractivity contribution is -0.120. The van der Waals surface area contributed by atoms with Crippen molar-refractivity contribution in [2.24, 2.45) is 0 Å². The maximum absolute atomic E-state index is 13.2. The molecule has 0 aliphatic carbocycles. The number of hydrogen-bond donors (Lipinski definition) is 2. The molecule has 0 fully saturated rings. The summed E-state index contributed by atoms with van der Waals surface area (Å²) in [5.41, 5.74) is 3.32. The van der Waals surface area contributed by atoms with Gasteiger partial charge in [0.2, 0.25) is 0 Å². The number of benzene rings is 3. The van der Waals surface area contributed by atoms with Crippen LogP contribution in [0.3, 0.4) is 0 Å². The molecule has 8 nitrogen and oxygen atoms in total. The lowest BCUT2D eigenvalue weighted by Gasteiger charge is -2.18. The minimum absolute atomic E-state index is 0.0839. The van der Waals surface area contributed by atoms with E-state index in [4.69, 9.17) is 16.3 Å². The van der Waals surface area contributed by atoms with Gasteiger partial charge in [-0.2, -0.15) is 0 Å². The number of carbonyl (C=O) groups is 4. The van der Waals surface area contributed by atoms with Gasteiger partial charge in [-0.1, -0.05) is 60.8 Å². The van der Waals surface area contributed by atoms with Crippen LogP contribution in [0, 0.1) is 13.8 Å². The normalized spacial score (nSPS) is 13.1. The van der Waals surface area contributed by atoms with Crippen molar-refractivity contribution in [2.75, 3.05) is 22.1 Å². The van der Waals surface area contributed by atoms with Gasteiger partial charge in [0.05, 0.1) is 23.5 Å². The van der Waals surface area contributed by atoms with Crippen molar-refractivity contribution >= 4 is 52.4 Å². The van der Waals surface area contributed by atoms with Crippen molar-refractivity contribution in [1.82, 2.24) is 0 Å². The van der Waals surface area contributed by atoms with Crippen molar-refractivity contribution in [1.29, 1.82) is 0 Å². The number of para-hydroxylation sites is 1. The van der Waals surface area contributed by atoms with E-state index in [0.717, 1.165) is 28.9 Å². The number of imide groups is 1. The van der Waals surface area contributed by atoms with Crippen LogP contribution in [0.15, 0.2) is 77.5 Å². The number of nitrogens with one attached hydrogen (secondary N) is 2. The molecule has 0 atom stereocenters. The van der Waals surface area contributed by atoms with Gasteiger partial charge in [0, 0.05) is 11.3 Å². The summed E-state index contributed by atoms with van der Waals surface area (Å²) < 4.78 is 5.29. The molecular weight excluding hydrogens is 518 g/mol. The molecular formula is C30H28ClN3O5. The van der Waals surface area contributed by atoms with E-state index in [0.29, 0.717) is 23.7 Å². The molecule has 3 aromatic carbocycles. The zero-order valence-corrected chi connectivity index (χ0v) is 22.6. The first-order valence-electron chi connectivity index (χ1n) is 12.5. The summed E-state index contributed by atoms with van der Waals surface area (Å²) in [5.74, 6) is -2.22. The molecule has 0 aromatic heterocycles. The molecule has 0 radical (unpaired) electrons. The van der Waals surface area contributed by atoms with Gasteiger partial charge < -0.3 is 15.4 Å². The highest BCUT2D eigenvalue weighted by Gasteiger charge is 2.39. The summed E-state index contributed by atoms with van der Waals surface area (Å²) in [6, 6.07) is 18.4. The van der Waals surface area contributed by atoms with Crippen molar-refractivity contribution in [2.45, 2.75) is 33.6 Å². The highest BCUT2D eigenvalue weighted by Crippen LogP contribution is 2.32. The molecule has 200 valence electrons. The largest absolute Gasteiger partial charge is 0.462 e. The van der Waals surface area contributed by atoms with Gasteiger partial charge in [0.1, 0.15) is 10.7 Å². The van der Waals surface area contributed by atoms with Gasteiger partial charge in [-0.05, 0) is 62.2 Å². The highest BCUT2D eigenvalue weighted by molar-refractivity contribution is 6.53. The van der Waals surface area contributed by atoms with Crippen LogP contribution < -0.4 is 15.5 Å². The fourth-order valence-electron chi connectivity index (χ4n) is 4.12. The minimum Gasteiger partial charge on any atom is -0.462 e. The maximum Gasteiger partial charge on any atom is 0.340 e. The van der Waals surface area contributed by atoms with Crippen molar-refractivity contribution in [3.05, 3.63) is 99.7 Å².